The van der Waals surface area contributed by atoms with Crippen LogP contribution in [0.4, 0.5) is 0 Å². The predicted octanol–water partition coefficient (Wildman–Crippen LogP) is 3.92. The number of rotatable bonds is 3. The van der Waals surface area contributed by atoms with E-state index in [0.717, 1.165) is 11.0 Å². The fourth-order valence-corrected chi connectivity index (χ4v) is 2.66. The van der Waals surface area contributed by atoms with Gasteiger partial charge >= 0.3 is 5.97 Å². The van der Waals surface area contributed by atoms with Crippen molar-refractivity contribution in [2.75, 3.05) is 6.61 Å². The molecule has 23 heavy (non-hydrogen) atoms. The molecule has 3 rings (SSSR count). The van der Waals surface area contributed by atoms with Crippen LogP contribution >= 0.6 is 0 Å². The van der Waals surface area contributed by atoms with Crippen molar-refractivity contribution >= 4 is 27.8 Å². The van der Waals surface area contributed by atoms with E-state index in [1.54, 1.807) is 6.92 Å². The standard InChI is InChI=1S/C20H17NO2/c1-2-23-20(22)14-4-3-9-15-21-18-12-7-5-10-16(18)17-11-6-8-13-19(17)21/h4-8,10-14H,2,15H2,1H3/b14-4-. The molecule has 114 valence electrons. The van der Waals surface area contributed by atoms with Gasteiger partial charge in [-0.15, -0.1) is 0 Å². The van der Waals surface area contributed by atoms with E-state index in [1.807, 2.05) is 24.3 Å². The van der Waals surface area contributed by atoms with Crippen LogP contribution in [0.25, 0.3) is 21.8 Å². The minimum absolute atomic E-state index is 0.362. The van der Waals surface area contributed by atoms with Crippen LogP contribution in [0.15, 0.2) is 60.7 Å². The average molecular weight is 303 g/mol. The molecule has 3 aromatic rings. The second-order valence-electron chi connectivity index (χ2n) is 5.03. The van der Waals surface area contributed by atoms with Crippen molar-refractivity contribution in [3.63, 3.8) is 0 Å². The van der Waals surface area contributed by atoms with Crippen molar-refractivity contribution in [3.8, 4) is 11.8 Å². The Balaban J connectivity index is 1.90. The zero-order valence-electron chi connectivity index (χ0n) is 13.0. The molecule has 0 radical (unpaired) electrons. The molecular formula is C20H17NO2. The molecule has 0 bridgehead atoms. The molecule has 0 aliphatic heterocycles. The summed E-state index contributed by atoms with van der Waals surface area (Å²) < 4.78 is 7.00. The first-order valence-electron chi connectivity index (χ1n) is 7.59. The fourth-order valence-electron chi connectivity index (χ4n) is 2.66. The Morgan fingerprint density at radius 1 is 1.09 bits per heavy atom. The number of allylic oxidation sites excluding steroid dienone is 1. The highest BCUT2D eigenvalue weighted by Gasteiger charge is 2.07. The summed E-state index contributed by atoms with van der Waals surface area (Å²) in [6.45, 7) is 2.72. The van der Waals surface area contributed by atoms with Crippen LogP contribution in [0.2, 0.25) is 0 Å². The van der Waals surface area contributed by atoms with Crippen LogP contribution in [0.1, 0.15) is 6.92 Å². The highest BCUT2D eigenvalue weighted by atomic mass is 16.5. The maximum atomic E-state index is 11.2. The second kappa shape index (κ2) is 6.85. The Hall–Kier alpha value is -2.99. The molecular weight excluding hydrogens is 286 g/mol. The number of benzene rings is 2. The molecule has 0 fully saturated rings. The lowest BCUT2D eigenvalue weighted by atomic mass is 10.2. The van der Waals surface area contributed by atoms with Gasteiger partial charge < -0.3 is 9.30 Å². The van der Waals surface area contributed by atoms with E-state index in [9.17, 15) is 4.79 Å². The van der Waals surface area contributed by atoms with Gasteiger partial charge in [-0.3, -0.25) is 0 Å². The maximum Gasteiger partial charge on any atom is 0.331 e. The second-order valence-corrected chi connectivity index (χ2v) is 5.03. The van der Waals surface area contributed by atoms with E-state index < -0.39 is 0 Å². The largest absolute Gasteiger partial charge is 0.463 e. The van der Waals surface area contributed by atoms with Crippen LogP contribution in [-0.4, -0.2) is 17.1 Å². The Morgan fingerprint density at radius 2 is 1.70 bits per heavy atom. The number of carbonyl (C=O) groups excluding carboxylic acids is 1. The van der Waals surface area contributed by atoms with Gasteiger partial charge in [0, 0.05) is 27.9 Å². The molecule has 3 heteroatoms. The van der Waals surface area contributed by atoms with Gasteiger partial charge in [0.25, 0.3) is 0 Å². The van der Waals surface area contributed by atoms with Crippen molar-refractivity contribution < 1.29 is 9.53 Å². The van der Waals surface area contributed by atoms with Gasteiger partial charge in [0.05, 0.1) is 13.2 Å². The number of esters is 1. The third-order valence-corrected chi connectivity index (χ3v) is 3.61. The maximum absolute atomic E-state index is 11.2. The zero-order valence-corrected chi connectivity index (χ0v) is 13.0. The number of para-hydroxylation sites is 2. The number of hydrogen-bond acceptors (Lipinski definition) is 2. The Kier molecular flexibility index (Phi) is 4.44. The summed E-state index contributed by atoms with van der Waals surface area (Å²) in [4.78, 5) is 11.2. The molecule has 0 spiro atoms. The summed E-state index contributed by atoms with van der Waals surface area (Å²) in [5.41, 5.74) is 2.33. The van der Waals surface area contributed by atoms with E-state index in [-0.39, 0.29) is 5.97 Å². The lowest BCUT2D eigenvalue weighted by Crippen LogP contribution is -1.98. The predicted molar refractivity (Wildman–Crippen MR) is 93.0 cm³/mol. The van der Waals surface area contributed by atoms with Gasteiger partial charge in [-0.25, -0.2) is 4.79 Å². The highest BCUT2D eigenvalue weighted by molar-refractivity contribution is 6.08. The Bertz CT molecular complexity index is 885. The minimum Gasteiger partial charge on any atom is -0.463 e. The van der Waals surface area contributed by atoms with Crippen molar-refractivity contribution in [1.82, 2.24) is 4.57 Å². The molecule has 0 amide bonds. The third kappa shape index (κ3) is 3.12. The lowest BCUT2D eigenvalue weighted by Gasteiger charge is -2.01. The van der Waals surface area contributed by atoms with Gasteiger partial charge in [-0.1, -0.05) is 48.2 Å². The summed E-state index contributed by atoms with van der Waals surface area (Å²) in [6, 6.07) is 16.6. The molecule has 1 aromatic heterocycles. The molecule has 0 atom stereocenters. The lowest BCUT2D eigenvalue weighted by molar-refractivity contribution is -0.137. The summed E-state index contributed by atoms with van der Waals surface area (Å²) >= 11 is 0. The van der Waals surface area contributed by atoms with Gasteiger partial charge in [0.2, 0.25) is 0 Å². The van der Waals surface area contributed by atoms with E-state index in [4.69, 9.17) is 4.74 Å². The first kappa shape index (κ1) is 14.9. The van der Waals surface area contributed by atoms with Gasteiger partial charge in [0.15, 0.2) is 0 Å². The average Bonchev–Trinajstić information content (AvgIpc) is 2.89. The smallest absolute Gasteiger partial charge is 0.331 e. The number of nitrogens with zero attached hydrogens (tertiary/aromatic N) is 1. The van der Waals surface area contributed by atoms with Crippen molar-refractivity contribution in [3.05, 3.63) is 60.7 Å². The molecule has 0 saturated carbocycles. The topological polar surface area (TPSA) is 31.2 Å². The normalized spacial score (nSPS) is 10.8. The molecule has 0 unspecified atom stereocenters. The first-order chi connectivity index (χ1) is 11.3. The number of hydrogen-bond donors (Lipinski definition) is 0. The van der Waals surface area contributed by atoms with Gasteiger partial charge in [-0.05, 0) is 25.1 Å². The molecule has 0 saturated heterocycles. The van der Waals surface area contributed by atoms with Crippen LogP contribution in [0, 0.1) is 11.8 Å². The number of aromatic nitrogens is 1. The monoisotopic (exact) mass is 303 g/mol. The summed E-state index contributed by atoms with van der Waals surface area (Å²) in [5.74, 6) is 5.62. The molecule has 0 aliphatic rings. The minimum atomic E-state index is -0.362. The molecule has 3 nitrogen and oxygen atoms in total. The SMILES string of the molecule is CCOC(=O)/C=C\C#CCn1c2ccccc2c2ccccc21. The third-order valence-electron chi connectivity index (χ3n) is 3.61. The Labute approximate surface area is 135 Å². The van der Waals surface area contributed by atoms with E-state index in [0.29, 0.717) is 13.2 Å². The molecule has 2 aromatic carbocycles. The fraction of sp³-hybridized carbons (Fsp3) is 0.150. The van der Waals surface area contributed by atoms with Crippen molar-refractivity contribution in [2.45, 2.75) is 13.5 Å². The van der Waals surface area contributed by atoms with Gasteiger partial charge in [0.1, 0.15) is 0 Å². The number of fused-ring (bicyclic) bond motifs is 3. The number of ether oxygens (including phenoxy) is 1. The van der Waals surface area contributed by atoms with Crippen molar-refractivity contribution in [1.29, 1.82) is 0 Å². The van der Waals surface area contributed by atoms with Crippen LogP contribution in [0.5, 0.6) is 0 Å². The quantitative estimate of drug-likeness (QED) is 0.417. The highest BCUT2D eigenvalue weighted by Crippen LogP contribution is 2.28. The van der Waals surface area contributed by atoms with Crippen LogP contribution in [0.3, 0.4) is 0 Å². The van der Waals surface area contributed by atoms with Crippen molar-refractivity contribution in [2.24, 2.45) is 0 Å². The Morgan fingerprint density at radius 3 is 2.30 bits per heavy atom. The molecule has 0 aliphatic carbocycles. The summed E-state index contributed by atoms with van der Waals surface area (Å²) in [6.07, 6.45) is 2.88. The summed E-state index contributed by atoms with van der Waals surface area (Å²) in [5, 5.41) is 2.46. The van der Waals surface area contributed by atoms with E-state index in [1.165, 1.54) is 22.9 Å². The summed E-state index contributed by atoms with van der Waals surface area (Å²) in [7, 11) is 0. The number of carbonyl (C=O) groups is 1. The first-order valence-corrected chi connectivity index (χ1v) is 7.59. The van der Waals surface area contributed by atoms with Gasteiger partial charge in [-0.2, -0.15) is 0 Å². The molecule has 0 N–H and O–H groups in total. The van der Waals surface area contributed by atoms with Crippen LogP contribution < -0.4 is 0 Å². The zero-order chi connectivity index (χ0) is 16.1. The molecule has 1 heterocycles. The van der Waals surface area contributed by atoms with E-state index in [2.05, 4.69) is 40.7 Å². The van der Waals surface area contributed by atoms with Crippen LogP contribution in [-0.2, 0) is 16.1 Å². The van der Waals surface area contributed by atoms with E-state index >= 15 is 0 Å².